The number of likely N-dealkylation sites (N-methyl/N-ethyl adjacent to an activating group) is 2. The molecule has 0 heterocycles. The molecule has 1 atom stereocenters. The number of nitrogens with one attached hydrogen (secondary N) is 1. The van der Waals surface area contributed by atoms with E-state index in [1.807, 2.05) is 62.2 Å². The van der Waals surface area contributed by atoms with Crippen molar-refractivity contribution in [1.29, 1.82) is 0 Å². The molecule has 116 valence electrons. The molecule has 4 heteroatoms. The standard InChI is InChI=1S/C17H26N2O2/c1-5-16(18-3)17(20)19(6-2)13-7-8-14-9-11-15(21-4)12-10-14/h7-12,16,18H,5-6,13H2,1-4H3/b8-7+. The van der Waals surface area contributed by atoms with Crippen LogP contribution in [0.4, 0.5) is 0 Å². The van der Waals surface area contributed by atoms with Gasteiger partial charge in [0, 0.05) is 13.1 Å². The summed E-state index contributed by atoms with van der Waals surface area (Å²) in [6.07, 6.45) is 4.84. The second kappa shape index (κ2) is 9.19. The van der Waals surface area contributed by atoms with Gasteiger partial charge in [0.15, 0.2) is 0 Å². The van der Waals surface area contributed by atoms with Crippen LogP contribution in [0, 0.1) is 0 Å². The molecule has 0 fully saturated rings. The van der Waals surface area contributed by atoms with E-state index in [1.54, 1.807) is 7.11 Å². The molecule has 1 aromatic carbocycles. The lowest BCUT2D eigenvalue weighted by molar-refractivity contribution is -0.132. The Bertz CT molecular complexity index is 450. The number of carbonyl (C=O) groups is 1. The van der Waals surface area contributed by atoms with Crippen LogP contribution < -0.4 is 10.1 Å². The molecule has 0 saturated heterocycles. The lowest BCUT2D eigenvalue weighted by atomic mass is 10.2. The minimum absolute atomic E-state index is 0.0978. The summed E-state index contributed by atoms with van der Waals surface area (Å²) in [6.45, 7) is 5.35. The zero-order valence-corrected chi connectivity index (χ0v) is 13.4. The van der Waals surface area contributed by atoms with Gasteiger partial charge in [0.2, 0.25) is 5.91 Å². The third-order valence-corrected chi connectivity index (χ3v) is 3.50. The third-order valence-electron chi connectivity index (χ3n) is 3.50. The summed E-state index contributed by atoms with van der Waals surface area (Å²) in [6, 6.07) is 7.75. The Morgan fingerprint density at radius 2 is 2.00 bits per heavy atom. The number of nitrogens with zero attached hydrogens (tertiary/aromatic N) is 1. The second-order valence-corrected chi connectivity index (χ2v) is 4.80. The molecule has 0 aliphatic rings. The predicted molar refractivity (Wildman–Crippen MR) is 87.4 cm³/mol. The van der Waals surface area contributed by atoms with E-state index < -0.39 is 0 Å². The molecule has 0 radical (unpaired) electrons. The van der Waals surface area contributed by atoms with Gasteiger partial charge in [0.1, 0.15) is 5.75 Å². The van der Waals surface area contributed by atoms with Gasteiger partial charge in [0.05, 0.1) is 13.2 Å². The lowest BCUT2D eigenvalue weighted by Gasteiger charge is -2.24. The van der Waals surface area contributed by atoms with E-state index >= 15 is 0 Å². The topological polar surface area (TPSA) is 41.6 Å². The van der Waals surface area contributed by atoms with Crippen molar-refractivity contribution in [3.63, 3.8) is 0 Å². The average molecular weight is 290 g/mol. The Morgan fingerprint density at radius 1 is 1.33 bits per heavy atom. The third kappa shape index (κ3) is 5.23. The van der Waals surface area contributed by atoms with Crippen molar-refractivity contribution in [2.45, 2.75) is 26.3 Å². The number of hydrogen-bond acceptors (Lipinski definition) is 3. The molecule has 0 aromatic heterocycles. The predicted octanol–water partition coefficient (Wildman–Crippen LogP) is 2.55. The zero-order chi connectivity index (χ0) is 15.7. The van der Waals surface area contributed by atoms with E-state index in [9.17, 15) is 4.79 Å². The number of ether oxygens (including phenoxy) is 1. The first-order valence-electron chi connectivity index (χ1n) is 7.42. The molecule has 1 rings (SSSR count). The monoisotopic (exact) mass is 290 g/mol. The normalized spacial score (nSPS) is 12.4. The molecule has 0 aliphatic carbocycles. The van der Waals surface area contributed by atoms with Crippen molar-refractivity contribution < 1.29 is 9.53 Å². The van der Waals surface area contributed by atoms with Gasteiger partial charge in [0.25, 0.3) is 0 Å². The molecular weight excluding hydrogens is 264 g/mol. The fourth-order valence-corrected chi connectivity index (χ4v) is 2.13. The highest BCUT2D eigenvalue weighted by Gasteiger charge is 2.18. The van der Waals surface area contributed by atoms with E-state index in [2.05, 4.69) is 5.32 Å². The van der Waals surface area contributed by atoms with Crippen molar-refractivity contribution in [2.75, 3.05) is 27.2 Å². The zero-order valence-electron chi connectivity index (χ0n) is 13.4. The van der Waals surface area contributed by atoms with Gasteiger partial charge in [-0.2, -0.15) is 0 Å². The summed E-state index contributed by atoms with van der Waals surface area (Å²) in [5, 5.41) is 3.06. The molecule has 0 aliphatic heterocycles. The lowest BCUT2D eigenvalue weighted by Crippen LogP contribution is -2.44. The molecule has 4 nitrogen and oxygen atoms in total. The van der Waals surface area contributed by atoms with Gasteiger partial charge < -0.3 is 15.0 Å². The van der Waals surface area contributed by atoms with Crippen LogP contribution in [0.2, 0.25) is 0 Å². The van der Waals surface area contributed by atoms with Crippen LogP contribution in [0.25, 0.3) is 6.08 Å². The van der Waals surface area contributed by atoms with Gasteiger partial charge in [-0.25, -0.2) is 0 Å². The number of carbonyl (C=O) groups excluding carboxylic acids is 1. The first-order valence-corrected chi connectivity index (χ1v) is 7.42. The van der Waals surface area contributed by atoms with Crippen LogP contribution in [0.5, 0.6) is 5.75 Å². The fraction of sp³-hybridized carbons (Fsp3) is 0.471. The van der Waals surface area contributed by atoms with Crippen LogP contribution in [0.3, 0.4) is 0 Å². The molecule has 0 spiro atoms. The van der Waals surface area contributed by atoms with Crippen LogP contribution in [-0.4, -0.2) is 44.1 Å². The van der Waals surface area contributed by atoms with E-state index in [4.69, 9.17) is 4.74 Å². The maximum atomic E-state index is 12.3. The van der Waals surface area contributed by atoms with Gasteiger partial charge >= 0.3 is 0 Å². The smallest absolute Gasteiger partial charge is 0.239 e. The molecule has 21 heavy (non-hydrogen) atoms. The first kappa shape index (κ1) is 17.2. The minimum Gasteiger partial charge on any atom is -0.497 e. The molecule has 1 unspecified atom stereocenters. The van der Waals surface area contributed by atoms with Crippen LogP contribution >= 0.6 is 0 Å². The van der Waals surface area contributed by atoms with Crippen molar-refractivity contribution in [3.8, 4) is 5.75 Å². The molecule has 1 N–H and O–H groups in total. The number of methoxy groups -OCH3 is 1. The number of benzene rings is 1. The van der Waals surface area contributed by atoms with Gasteiger partial charge in [-0.1, -0.05) is 31.2 Å². The summed E-state index contributed by atoms with van der Waals surface area (Å²) >= 11 is 0. The Balaban J connectivity index is 2.61. The highest BCUT2D eigenvalue weighted by Crippen LogP contribution is 2.12. The van der Waals surface area contributed by atoms with E-state index in [1.165, 1.54) is 0 Å². The summed E-state index contributed by atoms with van der Waals surface area (Å²) in [7, 11) is 3.48. The molecule has 0 bridgehead atoms. The average Bonchev–Trinajstić information content (AvgIpc) is 2.53. The Hall–Kier alpha value is -1.81. The van der Waals surface area contributed by atoms with Gasteiger partial charge in [-0.15, -0.1) is 0 Å². The largest absolute Gasteiger partial charge is 0.497 e. The molecule has 1 amide bonds. The maximum Gasteiger partial charge on any atom is 0.239 e. The first-order chi connectivity index (χ1) is 10.2. The van der Waals surface area contributed by atoms with E-state index in [-0.39, 0.29) is 11.9 Å². The summed E-state index contributed by atoms with van der Waals surface area (Å²) in [5.74, 6) is 0.999. The van der Waals surface area contributed by atoms with Crippen molar-refractivity contribution in [1.82, 2.24) is 10.2 Å². The van der Waals surface area contributed by atoms with E-state index in [0.717, 1.165) is 17.7 Å². The SMILES string of the molecule is CCC(NC)C(=O)N(CC)C/C=C/c1ccc(OC)cc1. The summed E-state index contributed by atoms with van der Waals surface area (Å²) in [4.78, 5) is 14.1. The van der Waals surface area contributed by atoms with Crippen molar-refractivity contribution >= 4 is 12.0 Å². The second-order valence-electron chi connectivity index (χ2n) is 4.80. The summed E-state index contributed by atoms with van der Waals surface area (Å²) < 4.78 is 5.13. The Labute approximate surface area is 127 Å². The van der Waals surface area contributed by atoms with Crippen molar-refractivity contribution in [2.24, 2.45) is 0 Å². The Morgan fingerprint density at radius 3 is 2.48 bits per heavy atom. The quantitative estimate of drug-likeness (QED) is 0.800. The summed E-state index contributed by atoms with van der Waals surface area (Å²) in [5.41, 5.74) is 1.10. The highest BCUT2D eigenvalue weighted by atomic mass is 16.5. The molecule has 1 aromatic rings. The van der Waals surface area contributed by atoms with Gasteiger partial charge in [-0.05, 0) is 38.1 Å². The van der Waals surface area contributed by atoms with Crippen molar-refractivity contribution in [3.05, 3.63) is 35.9 Å². The van der Waals surface area contributed by atoms with Crippen LogP contribution in [-0.2, 0) is 4.79 Å². The minimum atomic E-state index is -0.0978. The molecular formula is C17H26N2O2. The van der Waals surface area contributed by atoms with Crippen LogP contribution in [0.1, 0.15) is 25.8 Å². The number of hydrogen-bond donors (Lipinski definition) is 1. The molecule has 0 saturated carbocycles. The Kier molecular flexibility index (Phi) is 7.54. The maximum absolute atomic E-state index is 12.3. The van der Waals surface area contributed by atoms with E-state index in [0.29, 0.717) is 13.1 Å². The highest BCUT2D eigenvalue weighted by molar-refractivity contribution is 5.82. The fourth-order valence-electron chi connectivity index (χ4n) is 2.13. The van der Waals surface area contributed by atoms with Gasteiger partial charge in [-0.3, -0.25) is 4.79 Å². The number of rotatable bonds is 8. The van der Waals surface area contributed by atoms with Crippen LogP contribution in [0.15, 0.2) is 30.3 Å². The number of amides is 1.